The number of nitrogens with one attached hydrogen (secondary N) is 1. The van der Waals surface area contributed by atoms with Gasteiger partial charge >= 0.3 is 0 Å². The first kappa shape index (κ1) is 10.2. The summed E-state index contributed by atoms with van der Waals surface area (Å²) in [6.07, 6.45) is 4.13. The van der Waals surface area contributed by atoms with Crippen molar-refractivity contribution in [2.75, 3.05) is 0 Å². The van der Waals surface area contributed by atoms with E-state index in [9.17, 15) is 0 Å². The topological polar surface area (TPSA) is 12.0 Å². The summed E-state index contributed by atoms with van der Waals surface area (Å²) in [5.41, 5.74) is 1.44. The van der Waals surface area contributed by atoms with Gasteiger partial charge in [0.25, 0.3) is 0 Å². The molecule has 1 N–H and O–H groups in total. The molecule has 1 aromatic heterocycles. The average Bonchev–Trinajstić information content (AvgIpc) is 2.88. The largest absolute Gasteiger partial charge is 0.307 e. The van der Waals surface area contributed by atoms with Crippen molar-refractivity contribution in [2.24, 2.45) is 5.92 Å². The van der Waals surface area contributed by atoms with Crippen molar-refractivity contribution in [1.82, 2.24) is 5.32 Å². The molecule has 2 heteroatoms. The van der Waals surface area contributed by atoms with Gasteiger partial charge in [-0.3, -0.25) is 0 Å². The van der Waals surface area contributed by atoms with Gasteiger partial charge in [-0.2, -0.15) is 11.3 Å². The van der Waals surface area contributed by atoms with Gasteiger partial charge < -0.3 is 5.32 Å². The van der Waals surface area contributed by atoms with E-state index in [1.807, 2.05) is 0 Å². The van der Waals surface area contributed by atoms with E-state index in [4.69, 9.17) is 0 Å². The zero-order valence-corrected chi connectivity index (χ0v) is 9.81. The van der Waals surface area contributed by atoms with E-state index in [1.54, 1.807) is 11.3 Å². The Morgan fingerprint density at radius 1 is 1.57 bits per heavy atom. The van der Waals surface area contributed by atoms with Crippen LogP contribution in [-0.4, -0.2) is 6.04 Å². The molecule has 0 bridgehead atoms. The van der Waals surface area contributed by atoms with E-state index in [0.717, 1.165) is 12.0 Å². The predicted octanol–water partition coefficient (Wildman–Crippen LogP) is 3.59. The highest BCUT2D eigenvalue weighted by Gasteiger charge is 2.30. The van der Waals surface area contributed by atoms with Crippen LogP contribution >= 0.6 is 11.3 Å². The second-order valence-electron chi connectivity index (χ2n) is 4.30. The molecule has 1 saturated carbocycles. The van der Waals surface area contributed by atoms with Crippen molar-refractivity contribution in [3.63, 3.8) is 0 Å². The van der Waals surface area contributed by atoms with Crippen LogP contribution in [0.2, 0.25) is 0 Å². The molecule has 1 aliphatic carbocycles. The Labute approximate surface area is 90.5 Å². The normalized spacial score (nSPS) is 20.7. The summed E-state index contributed by atoms with van der Waals surface area (Å²) in [4.78, 5) is 0. The first-order valence-electron chi connectivity index (χ1n) is 5.59. The molecule has 0 aromatic carbocycles. The predicted molar refractivity (Wildman–Crippen MR) is 62.7 cm³/mol. The highest BCUT2D eigenvalue weighted by atomic mass is 32.1. The van der Waals surface area contributed by atoms with E-state index >= 15 is 0 Å². The smallest absolute Gasteiger partial charge is 0.0302 e. The van der Waals surface area contributed by atoms with Crippen LogP contribution in [0.4, 0.5) is 0 Å². The fourth-order valence-electron chi connectivity index (χ4n) is 2.02. The third kappa shape index (κ3) is 2.37. The Hall–Kier alpha value is -0.340. The highest BCUT2D eigenvalue weighted by molar-refractivity contribution is 7.07. The van der Waals surface area contributed by atoms with Crippen molar-refractivity contribution < 1.29 is 0 Å². The standard InChI is InChI=1S/C12H19NS/c1-3-12(10-4-5-10)13-9(2)11-6-7-14-8-11/h6-10,12-13H,3-5H2,1-2H3. The van der Waals surface area contributed by atoms with E-state index in [-0.39, 0.29) is 0 Å². The average molecular weight is 209 g/mol. The van der Waals surface area contributed by atoms with E-state index in [2.05, 4.69) is 36.0 Å². The van der Waals surface area contributed by atoms with Crippen LogP contribution in [0.3, 0.4) is 0 Å². The van der Waals surface area contributed by atoms with Crippen LogP contribution in [0.1, 0.15) is 44.7 Å². The van der Waals surface area contributed by atoms with Crippen molar-refractivity contribution in [1.29, 1.82) is 0 Å². The van der Waals surface area contributed by atoms with Crippen LogP contribution in [0.5, 0.6) is 0 Å². The monoisotopic (exact) mass is 209 g/mol. The molecular formula is C12H19NS. The van der Waals surface area contributed by atoms with Crippen molar-refractivity contribution in [3.8, 4) is 0 Å². The minimum atomic E-state index is 0.520. The third-order valence-electron chi connectivity index (χ3n) is 3.14. The number of hydrogen-bond donors (Lipinski definition) is 1. The Morgan fingerprint density at radius 2 is 2.36 bits per heavy atom. The maximum atomic E-state index is 3.74. The SMILES string of the molecule is CCC(NC(C)c1ccsc1)C1CC1. The third-order valence-corrected chi connectivity index (χ3v) is 3.84. The molecular weight excluding hydrogens is 190 g/mol. The molecule has 1 aromatic rings. The number of rotatable bonds is 5. The van der Waals surface area contributed by atoms with Crippen LogP contribution in [0.15, 0.2) is 16.8 Å². The second-order valence-corrected chi connectivity index (χ2v) is 5.08. The lowest BCUT2D eigenvalue weighted by molar-refractivity contribution is 0.405. The Morgan fingerprint density at radius 3 is 2.86 bits per heavy atom. The fraction of sp³-hybridized carbons (Fsp3) is 0.667. The van der Waals surface area contributed by atoms with Crippen LogP contribution in [-0.2, 0) is 0 Å². The molecule has 78 valence electrons. The van der Waals surface area contributed by atoms with Gasteiger partial charge in [-0.15, -0.1) is 0 Å². The number of thiophene rings is 1. The molecule has 0 spiro atoms. The first-order valence-corrected chi connectivity index (χ1v) is 6.53. The van der Waals surface area contributed by atoms with Gasteiger partial charge in [0.05, 0.1) is 0 Å². The maximum Gasteiger partial charge on any atom is 0.0302 e. The zero-order chi connectivity index (χ0) is 9.97. The molecule has 2 unspecified atom stereocenters. The Kier molecular flexibility index (Phi) is 3.24. The van der Waals surface area contributed by atoms with Gasteiger partial charge in [0, 0.05) is 12.1 Å². The molecule has 2 atom stereocenters. The van der Waals surface area contributed by atoms with Gasteiger partial charge in [-0.05, 0) is 54.5 Å². The molecule has 1 heterocycles. The van der Waals surface area contributed by atoms with Gasteiger partial charge in [-0.1, -0.05) is 6.92 Å². The summed E-state index contributed by atoms with van der Waals surface area (Å²) < 4.78 is 0. The zero-order valence-electron chi connectivity index (χ0n) is 8.99. The van der Waals surface area contributed by atoms with Gasteiger partial charge in [0.2, 0.25) is 0 Å². The minimum absolute atomic E-state index is 0.520. The van der Waals surface area contributed by atoms with Crippen molar-refractivity contribution >= 4 is 11.3 Å². The van der Waals surface area contributed by atoms with Crippen LogP contribution in [0, 0.1) is 5.92 Å². The quantitative estimate of drug-likeness (QED) is 0.781. The first-order chi connectivity index (χ1) is 6.81. The summed E-state index contributed by atoms with van der Waals surface area (Å²) in [5.74, 6) is 0.959. The molecule has 1 fully saturated rings. The Bertz CT molecular complexity index is 264. The summed E-state index contributed by atoms with van der Waals surface area (Å²) >= 11 is 1.79. The van der Waals surface area contributed by atoms with E-state index < -0.39 is 0 Å². The molecule has 0 aliphatic heterocycles. The van der Waals surface area contributed by atoms with Crippen LogP contribution < -0.4 is 5.32 Å². The van der Waals surface area contributed by atoms with Gasteiger partial charge in [0.1, 0.15) is 0 Å². The Balaban J connectivity index is 1.89. The summed E-state index contributed by atoms with van der Waals surface area (Å²) in [7, 11) is 0. The highest BCUT2D eigenvalue weighted by Crippen LogP contribution is 2.35. The summed E-state index contributed by atoms with van der Waals surface area (Å²) in [5, 5.41) is 8.14. The molecule has 0 saturated heterocycles. The lowest BCUT2D eigenvalue weighted by atomic mass is 10.1. The van der Waals surface area contributed by atoms with Gasteiger partial charge in [-0.25, -0.2) is 0 Å². The molecule has 14 heavy (non-hydrogen) atoms. The summed E-state index contributed by atoms with van der Waals surface area (Å²) in [6, 6.07) is 3.48. The molecule has 1 nitrogen and oxygen atoms in total. The fourth-order valence-corrected chi connectivity index (χ4v) is 2.78. The minimum Gasteiger partial charge on any atom is -0.307 e. The van der Waals surface area contributed by atoms with Gasteiger partial charge in [0.15, 0.2) is 0 Å². The maximum absolute atomic E-state index is 3.74. The van der Waals surface area contributed by atoms with Crippen molar-refractivity contribution in [3.05, 3.63) is 22.4 Å². The lowest BCUT2D eigenvalue weighted by Crippen LogP contribution is -2.32. The van der Waals surface area contributed by atoms with Crippen LogP contribution in [0.25, 0.3) is 0 Å². The lowest BCUT2D eigenvalue weighted by Gasteiger charge is -2.21. The van der Waals surface area contributed by atoms with Crippen molar-refractivity contribution in [2.45, 2.75) is 45.2 Å². The molecule has 1 aliphatic rings. The molecule has 2 rings (SSSR count). The number of hydrogen-bond acceptors (Lipinski definition) is 2. The summed E-state index contributed by atoms with van der Waals surface area (Å²) in [6.45, 7) is 4.56. The molecule has 0 radical (unpaired) electrons. The molecule has 0 amide bonds. The second kappa shape index (κ2) is 4.45. The van der Waals surface area contributed by atoms with E-state index in [0.29, 0.717) is 6.04 Å². The van der Waals surface area contributed by atoms with E-state index in [1.165, 1.54) is 24.8 Å².